The van der Waals surface area contributed by atoms with E-state index in [1.807, 2.05) is 30.3 Å². The van der Waals surface area contributed by atoms with Gasteiger partial charge in [0.1, 0.15) is 4.88 Å². The molecule has 1 amide bonds. The molecule has 0 saturated heterocycles. The normalized spacial score (nSPS) is 11.2. The Morgan fingerprint density at radius 1 is 0.939 bits per heavy atom. The maximum atomic E-state index is 12.9. The molecule has 0 fully saturated rings. The average Bonchev–Trinajstić information content (AvgIpc) is 3.15. The van der Waals surface area contributed by atoms with Crippen LogP contribution < -0.4 is 15.8 Å². The van der Waals surface area contributed by atoms with Crippen LogP contribution in [0.25, 0.3) is 11.3 Å². The van der Waals surface area contributed by atoms with E-state index in [0.717, 1.165) is 16.9 Å². The number of nitrogen functional groups attached to an aromatic ring is 1. The SMILES string of the molecule is Cc1cc(C)nc(NS(=O)(=O)c2ccc(NC(=O)c3sc(N)nc3-c3ccccc3)cc2)n1. The first-order valence-electron chi connectivity index (χ1n) is 9.79. The first-order valence-corrected chi connectivity index (χ1v) is 12.1. The van der Waals surface area contributed by atoms with Crippen LogP contribution >= 0.6 is 11.3 Å². The summed E-state index contributed by atoms with van der Waals surface area (Å²) >= 11 is 1.08. The van der Waals surface area contributed by atoms with Gasteiger partial charge in [0.15, 0.2) is 5.13 Å². The highest BCUT2D eigenvalue weighted by atomic mass is 32.2. The zero-order chi connectivity index (χ0) is 23.6. The zero-order valence-electron chi connectivity index (χ0n) is 17.7. The van der Waals surface area contributed by atoms with Gasteiger partial charge in [0.25, 0.3) is 15.9 Å². The molecule has 4 N–H and O–H groups in total. The Kier molecular flexibility index (Phi) is 6.07. The number of nitrogens with two attached hydrogens (primary N) is 1. The quantitative estimate of drug-likeness (QED) is 0.381. The van der Waals surface area contributed by atoms with Crippen molar-refractivity contribution < 1.29 is 13.2 Å². The van der Waals surface area contributed by atoms with E-state index < -0.39 is 10.0 Å². The van der Waals surface area contributed by atoms with E-state index in [-0.39, 0.29) is 21.9 Å². The lowest BCUT2D eigenvalue weighted by molar-refractivity contribution is 0.103. The fourth-order valence-corrected chi connectivity index (χ4v) is 4.83. The summed E-state index contributed by atoms with van der Waals surface area (Å²) < 4.78 is 27.7. The molecule has 0 spiro atoms. The van der Waals surface area contributed by atoms with Gasteiger partial charge in [-0.05, 0) is 44.2 Å². The highest BCUT2D eigenvalue weighted by Crippen LogP contribution is 2.30. The molecule has 2 aromatic heterocycles. The number of thiazole rings is 1. The van der Waals surface area contributed by atoms with Gasteiger partial charge in [-0.3, -0.25) is 4.79 Å². The van der Waals surface area contributed by atoms with Crippen LogP contribution in [-0.4, -0.2) is 29.3 Å². The van der Waals surface area contributed by atoms with Crippen molar-refractivity contribution in [2.45, 2.75) is 18.7 Å². The Morgan fingerprint density at radius 3 is 2.21 bits per heavy atom. The Morgan fingerprint density at radius 2 is 1.58 bits per heavy atom. The largest absolute Gasteiger partial charge is 0.375 e. The van der Waals surface area contributed by atoms with E-state index in [1.54, 1.807) is 19.9 Å². The van der Waals surface area contributed by atoms with Crippen molar-refractivity contribution in [3.8, 4) is 11.3 Å². The van der Waals surface area contributed by atoms with Crippen LogP contribution in [0.4, 0.5) is 16.8 Å². The van der Waals surface area contributed by atoms with Crippen molar-refractivity contribution in [1.29, 1.82) is 0 Å². The number of benzene rings is 2. The Labute approximate surface area is 194 Å². The summed E-state index contributed by atoms with van der Waals surface area (Å²) in [5.41, 5.74) is 8.83. The molecule has 0 radical (unpaired) electrons. The summed E-state index contributed by atoms with van der Waals surface area (Å²) in [7, 11) is -3.90. The highest BCUT2D eigenvalue weighted by molar-refractivity contribution is 7.92. The van der Waals surface area contributed by atoms with Crippen molar-refractivity contribution in [2.75, 3.05) is 15.8 Å². The minimum absolute atomic E-state index is 0.00102. The number of anilines is 3. The predicted octanol–water partition coefficient (Wildman–Crippen LogP) is 3.85. The number of sulfonamides is 1. The minimum Gasteiger partial charge on any atom is -0.375 e. The molecule has 0 saturated carbocycles. The molecule has 2 heterocycles. The zero-order valence-corrected chi connectivity index (χ0v) is 19.4. The number of carbonyl (C=O) groups excluding carboxylic acids is 1. The number of nitrogens with zero attached hydrogens (tertiary/aromatic N) is 3. The standard InChI is InChI=1S/C22H20N6O3S2/c1-13-12-14(2)25-22(24-13)28-33(30,31)17-10-8-16(9-11-17)26-20(29)19-18(27-21(23)32-19)15-6-4-3-5-7-15/h3-12H,1-2H3,(H2,23,27)(H,26,29)(H,24,25,28). The van der Waals surface area contributed by atoms with E-state index >= 15 is 0 Å². The lowest BCUT2D eigenvalue weighted by atomic mass is 10.1. The Balaban J connectivity index is 1.52. The van der Waals surface area contributed by atoms with E-state index in [1.165, 1.54) is 24.3 Å². The molecule has 33 heavy (non-hydrogen) atoms. The van der Waals surface area contributed by atoms with Gasteiger partial charge >= 0.3 is 0 Å². The fourth-order valence-electron chi connectivity index (χ4n) is 3.14. The second kappa shape index (κ2) is 8.96. The Hall–Kier alpha value is -3.83. The van der Waals surface area contributed by atoms with Gasteiger partial charge in [0, 0.05) is 22.6 Å². The van der Waals surface area contributed by atoms with Crippen LogP contribution in [0.3, 0.4) is 0 Å². The molecule has 11 heteroatoms. The predicted molar refractivity (Wildman–Crippen MR) is 129 cm³/mol. The second-order valence-electron chi connectivity index (χ2n) is 7.15. The van der Waals surface area contributed by atoms with Crippen LogP contribution in [0.5, 0.6) is 0 Å². The average molecular weight is 481 g/mol. The molecule has 0 unspecified atom stereocenters. The van der Waals surface area contributed by atoms with Crippen molar-refractivity contribution in [1.82, 2.24) is 15.0 Å². The number of rotatable bonds is 6. The van der Waals surface area contributed by atoms with E-state index in [0.29, 0.717) is 27.6 Å². The fraction of sp³-hybridized carbons (Fsp3) is 0.0909. The molecule has 9 nitrogen and oxygen atoms in total. The van der Waals surface area contributed by atoms with Crippen LogP contribution in [0.2, 0.25) is 0 Å². The second-order valence-corrected chi connectivity index (χ2v) is 9.87. The number of amides is 1. The van der Waals surface area contributed by atoms with Gasteiger partial charge in [-0.2, -0.15) is 0 Å². The van der Waals surface area contributed by atoms with Gasteiger partial charge in [0.05, 0.1) is 10.6 Å². The molecular weight excluding hydrogens is 460 g/mol. The van der Waals surface area contributed by atoms with E-state index in [4.69, 9.17) is 5.73 Å². The molecule has 0 aliphatic rings. The molecule has 168 valence electrons. The third-order valence-electron chi connectivity index (χ3n) is 4.53. The lowest BCUT2D eigenvalue weighted by Crippen LogP contribution is -2.16. The first kappa shape index (κ1) is 22.4. The van der Waals surface area contributed by atoms with Crippen LogP contribution in [-0.2, 0) is 10.0 Å². The summed E-state index contributed by atoms with van der Waals surface area (Å²) in [6, 6.07) is 16.8. The van der Waals surface area contributed by atoms with Crippen molar-refractivity contribution >= 4 is 44.0 Å². The molecule has 0 bridgehead atoms. The summed E-state index contributed by atoms with van der Waals surface area (Å²) in [5, 5.41) is 3.04. The summed E-state index contributed by atoms with van der Waals surface area (Å²) in [6.45, 7) is 3.51. The minimum atomic E-state index is -3.90. The van der Waals surface area contributed by atoms with Crippen LogP contribution in [0, 0.1) is 13.8 Å². The number of hydrogen-bond acceptors (Lipinski definition) is 8. The van der Waals surface area contributed by atoms with Crippen LogP contribution in [0.1, 0.15) is 21.1 Å². The smallest absolute Gasteiger partial charge is 0.268 e. The van der Waals surface area contributed by atoms with Crippen molar-refractivity contribution in [3.63, 3.8) is 0 Å². The van der Waals surface area contributed by atoms with E-state index in [9.17, 15) is 13.2 Å². The maximum Gasteiger partial charge on any atom is 0.268 e. The van der Waals surface area contributed by atoms with Gasteiger partial charge in [-0.15, -0.1) is 0 Å². The molecule has 0 aliphatic carbocycles. The van der Waals surface area contributed by atoms with Crippen molar-refractivity contribution in [3.05, 3.63) is 76.9 Å². The number of aromatic nitrogens is 3. The third-order valence-corrected chi connectivity index (χ3v) is 6.75. The lowest BCUT2D eigenvalue weighted by Gasteiger charge is -2.09. The maximum absolute atomic E-state index is 12.9. The summed E-state index contributed by atoms with van der Waals surface area (Å²) in [5.74, 6) is -0.387. The molecule has 4 aromatic rings. The molecule has 0 aliphatic heterocycles. The molecule has 2 aromatic carbocycles. The summed E-state index contributed by atoms with van der Waals surface area (Å²) in [4.78, 5) is 25.7. The molecular formula is C22H20N6O3S2. The highest BCUT2D eigenvalue weighted by Gasteiger charge is 2.20. The molecule has 0 atom stereocenters. The van der Waals surface area contributed by atoms with Crippen LogP contribution in [0.15, 0.2) is 65.6 Å². The van der Waals surface area contributed by atoms with Gasteiger partial charge in [0.2, 0.25) is 5.95 Å². The van der Waals surface area contributed by atoms with Gasteiger partial charge < -0.3 is 11.1 Å². The third kappa shape index (κ3) is 5.16. The van der Waals surface area contributed by atoms with E-state index in [2.05, 4.69) is 25.0 Å². The number of hydrogen-bond donors (Lipinski definition) is 3. The number of aryl methyl sites for hydroxylation is 2. The topological polar surface area (TPSA) is 140 Å². The number of nitrogens with one attached hydrogen (secondary N) is 2. The number of carbonyl (C=O) groups is 1. The first-order chi connectivity index (χ1) is 15.7. The van der Waals surface area contributed by atoms with Gasteiger partial charge in [-0.25, -0.2) is 28.1 Å². The molecule has 4 rings (SSSR count). The monoisotopic (exact) mass is 480 g/mol. The Bertz CT molecular complexity index is 1400. The summed E-state index contributed by atoms with van der Waals surface area (Å²) in [6.07, 6.45) is 0. The van der Waals surface area contributed by atoms with Gasteiger partial charge in [-0.1, -0.05) is 41.7 Å². The van der Waals surface area contributed by atoms with Crippen molar-refractivity contribution in [2.24, 2.45) is 0 Å².